The molecule has 4 aromatic rings. The summed E-state index contributed by atoms with van der Waals surface area (Å²) in [5.41, 5.74) is 11.0. The predicted octanol–water partition coefficient (Wildman–Crippen LogP) is 9.50. The minimum Gasteiger partial charge on any atom is -0.392 e. The number of nitrogens with one attached hydrogen (secondary N) is 3. The highest BCUT2D eigenvalue weighted by atomic mass is 35.5. The molecule has 5 aliphatic heterocycles. The van der Waals surface area contributed by atoms with Gasteiger partial charge in [0.1, 0.15) is 10.8 Å². The number of aromatic nitrogens is 5. The van der Waals surface area contributed by atoms with Gasteiger partial charge in [0.05, 0.1) is 29.3 Å². The minimum absolute atomic E-state index is 0.212. The van der Waals surface area contributed by atoms with Gasteiger partial charge in [-0.3, -0.25) is 4.68 Å². The van der Waals surface area contributed by atoms with Crippen molar-refractivity contribution >= 4 is 57.5 Å². The average Bonchev–Trinajstić information content (AvgIpc) is 3.62. The van der Waals surface area contributed by atoms with Crippen LogP contribution >= 0.6 is 11.6 Å². The number of allylic oxidation sites excluding steroid dienone is 4. The van der Waals surface area contributed by atoms with E-state index in [0.717, 1.165) is 122 Å². The molecular formula is C50H65ClN12. The Morgan fingerprint density at radius 2 is 1.70 bits per heavy atom. The van der Waals surface area contributed by atoms with E-state index in [1.54, 1.807) is 6.20 Å². The molecule has 4 saturated heterocycles. The third kappa shape index (κ3) is 8.68. The van der Waals surface area contributed by atoms with Crippen molar-refractivity contribution in [3.05, 3.63) is 108 Å². The van der Waals surface area contributed by atoms with Crippen molar-refractivity contribution < 1.29 is 0 Å². The molecule has 1 aromatic carbocycles. The molecule has 0 bridgehead atoms. The lowest BCUT2D eigenvalue weighted by Gasteiger charge is -2.49. The molecule has 2 unspecified atom stereocenters. The number of fused-ring (bicyclic) bond motifs is 2. The Morgan fingerprint density at radius 3 is 2.43 bits per heavy atom. The van der Waals surface area contributed by atoms with E-state index in [0.29, 0.717) is 22.3 Å². The topological polar surface area (TPSA) is 106 Å². The van der Waals surface area contributed by atoms with E-state index in [4.69, 9.17) is 31.7 Å². The van der Waals surface area contributed by atoms with Crippen LogP contribution in [0.25, 0.3) is 17.0 Å². The molecule has 8 heterocycles. The van der Waals surface area contributed by atoms with Gasteiger partial charge in [-0.05, 0) is 131 Å². The normalized spacial score (nSPS) is 21.3. The number of likely N-dealkylation sites (N-methyl/N-ethyl adjacent to an activating group) is 1. The summed E-state index contributed by atoms with van der Waals surface area (Å²) in [4.78, 5) is 24.2. The van der Waals surface area contributed by atoms with Crippen molar-refractivity contribution in [1.29, 1.82) is 0 Å². The molecule has 0 aliphatic carbocycles. The van der Waals surface area contributed by atoms with Crippen molar-refractivity contribution in [2.24, 2.45) is 18.4 Å². The lowest BCUT2D eigenvalue weighted by atomic mass is 9.70. The third-order valence-electron chi connectivity index (χ3n) is 15.2. The summed E-state index contributed by atoms with van der Waals surface area (Å²) in [6, 6.07) is 9.64. The number of pyridine rings is 1. The number of likely N-dealkylation sites (tertiary alicyclic amines) is 1. The molecular weight excluding hydrogens is 804 g/mol. The highest BCUT2D eigenvalue weighted by Gasteiger charge is 2.40. The number of rotatable bonds is 11. The fourth-order valence-electron chi connectivity index (χ4n) is 10.8. The SMILES string of the molecule is C=C(CCC1=Cc2cc(Nc3nc(N4CCC5(CC4)CCN(C(C)C4CCN(c6ccc7c(C8CCC(=C)NC8=C)nn(C)c7c6)CC4)CC5)ncc3Cl)cnc2N(C)C1=C)NC. The Hall–Kier alpha value is -5.33. The van der Waals surface area contributed by atoms with Crippen LogP contribution in [-0.2, 0) is 7.05 Å². The number of benzene rings is 1. The number of piperidine rings is 4. The molecule has 5 aliphatic rings. The quantitative estimate of drug-likeness (QED) is 0.134. The third-order valence-corrected chi connectivity index (χ3v) is 15.5. The van der Waals surface area contributed by atoms with Gasteiger partial charge in [0.25, 0.3) is 0 Å². The summed E-state index contributed by atoms with van der Waals surface area (Å²) in [6.07, 6.45) is 16.7. The summed E-state index contributed by atoms with van der Waals surface area (Å²) in [5, 5.41) is 16.7. The van der Waals surface area contributed by atoms with Gasteiger partial charge in [0.15, 0.2) is 5.82 Å². The van der Waals surface area contributed by atoms with Crippen LogP contribution in [0.1, 0.15) is 88.3 Å². The molecule has 4 fully saturated rings. The molecule has 0 saturated carbocycles. The van der Waals surface area contributed by atoms with E-state index >= 15 is 0 Å². The van der Waals surface area contributed by atoms with Crippen molar-refractivity contribution in [3.63, 3.8) is 0 Å². The standard InChI is InChI=1S/C50H65ClN12/c1-32(52-6)9-11-38-27-39-28-40(30-53-48(39)59(7)35(38)4)56-47-44(51)31-54-49(57-47)63-25-19-50(20-26-63)17-23-61(24-18-50)36(5)37-15-21-62(22-16-37)41-12-14-43-45(29-41)60(8)58-46(43)42-13-10-33(2)55-34(42)3/h12,14,27-31,36-37,42,52,55H,1-4,9-11,13,15-26H2,5-8H3,(H,54,56,57). The van der Waals surface area contributed by atoms with Gasteiger partial charge in [-0.25, -0.2) is 9.97 Å². The second kappa shape index (κ2) is 17.7. The first kappa shape index (κ1) is 42.9. The molecule has 0 amide bonds. The van der Waals surface area contributed by atoms with Crippen LogP contribution < -0.4 is 30.7 Å². The molecule has 1 spiro atoms. The van der Waals surface area contributed by atoms with Crippen LogP contribution in [0.3, 0.4) is 0 Å². The van der Waals surface area contributed by atoms with E-state index in [2.05, 4.69) is 111 Å². The first-order chi connectivity index (χ1) is 30.4. The lowest BCUT2D eigenvalue weighted by molar-refractivity contribution is 0.0375. The Morgan fingerprint density at radius 1 is 0.952 bits per heavy atom. The number of hydrogen-bond donors (Lipinski definition) is 3. The van der Waals surface area contributed by atoms with Gasteiger partial charge < -0.3 is 35.6 Å². The van der Waals surface area contributed by atoms with Crippen LogP contribution in [0, 0.1) is 11.3 Å². The molecule has 332 valence electrons. The summed E-state index contributed by atoms with van der Waals surface area (Å²) >= 11 is 6.69. The smallest absolute Gasteiger partial charge is 0.227 e. The molecule has 63 heavy (non-hydrogen) atoms. The molecule has 13 heteroatoms. The Kier molecular flexibility index (Phi) is 12.1. The zero-order valence-corrected chi connectivity index (χ0v) is 38.6. The number of anilines is 5. The molecule has 0 radical (unpaired) electrons. The Bertz CT molecular complexity index is 2440. The predicted molar refractivity (Wildman–Crippen MR) is 261 cm³/mol. The second-order valence-electron chi connectivity index (χ2n) is 18.8. The van der Waals surface area contributed by atoms with Crippen LogP contribution in [0.15, 0.2) is 91.3 Å². The van der Waals surface area contributed by atoms with Gasteiger partial charge >= 0.3 is 0 Å². The van der Waals surface area contributed by atoms with Gasteiger partial charge in [-0.2, -0.15) is 10.1 Å². The monoisotopic (exact) mass is 869 g/mol. The number of hydrogen-bond acceptors (Lipinski definition) is 11. The van der Waals surface area contributed by atoms with Crippen molar-refractivity contribution in [2.75, 3.05) is 73.4 Å². The Labute approximate surface area is 378 Å². The molecule has 2 atom stereocenters. The van der Waals surface area contributed by atoms with E-state index < -0.39 is 0 Å². The van der Waals surface area contributed by atoms with Crippen molar-refractivity contribution in [3.8, 4) is 0 Å². The highest BCUT2D eigenvalue weighted by molar-refractivity contribution is 6.32. The van der Waals surface area contributed by atoms with Gasteiger partial charge in [-0.1, -0.05) is 37.9 Å². The van der Waals surface area contributed by atoms with Gasteiger partial charge in [0, 0.05) is 98.7 Å². The zero-order chi connectivity index (χ0) is 44.0. The van der Waals surface area contributed by atoms with E-state index in [9.17, 15) is 0 Å². The maximum absolute atomic E-state index is 6.69. The van der Waals surface area contributed by atoms with Crippen LogP contribution in [-0.4, -0.2) is 89.0 Å². The van der Waals surface area contributed by atoms with Gasteiger partial charge in [-0.15, -0.1) is 0 Å². The summed E-state index contributed by atoms with van der Waals surface area (Å²) < 4.78 is 2.05. The van der Waals surface area contributed by atoms with Crippen molar-refractivity contribution in [2.45, 2.75) is 83.1 Å². The van der Waals surface area contributed by atoms with E-state index in [1.807, 2.05) is 20.3 Å². The highest BCUT2D eigenvalue weighted by Crippen LogP contribution is 2.44. The average molecular weight is 870 g/mol. The molecule has 3 aromatic heterocycles. The molecule has 3 N–H and O–H groups in total. The van der Waals surface area contributed by atoms with Crippen LogP contribution in [0.5, 0.6) is 0 Å². The lowest BCUT2D eigenvalue weighted by Crippen LogP contribution is -2.51. The number of nitrogens with zero attached hydrogens (tertiary/aromatic N) is 9. The first-order valence-corrected chi connectivity index (χ1v) is 23.4. The molecule has 12 nitrogen and oxygen atoms in total. The molecule has 9 rings (SSSR count). The fourth-order valence-corrected chi connectivity index (χ4v) is 11.0. The fraction of sp³-hybridized carbons (Fsp3) is 0.480. The Balaban J connectivity index is 0.764. The van der Waals surface area contributed by atoms with Crippen molar-refractivity contribution in [1.82, 2.24) is 40.3 Å². The first-order valence-electron chi connectivity index (χ1n) is 23.0. The number of aryl methyl sites for hydroxylation is 1. The van der Waals surface area contributed by atoms with Gasteiger partial charge in [0.2, 0.25) is 5.95 Å². The second-order valence-corrected chi connectivity index (χ2v) is 19.2. The largest absolute Gasteiger partial charge is 0.392 e. The summed E-state index contributed by atoms with van der Waals surface area (Å²) in [6.45, 7) is 25.8. The van der Waals surface area contributed by atoms with E-state index in [1.165, 1.54) is 60.9 Å². The van der Waals surface area contributed by atoms with Crippen LogP contribution in [0.2, 0.25) is 5.02 Å². The summed E-state index contributed by atoms with van der Waals surface area (Å²) in [5.74, 6) is 3.12. The minimum atomic E-state index is 0.212. The zero-order valence-electron chi connectivity index (χ0n) is 37.8. The maximum atomic E-state index is 6.69. The van der Waals surface area contributed by atoms with E-state index in [-0.39, 0.29) is 5.92 Å². The summed E-state index contributed by atoms with van der Waals surface area (Å²) in [7, 11) is 5.99. The van der Waals surface area contributed by atoms with Crippen LogP contribution in [0.4, 0.5) is 29.0 Å². The number of halogens is 1. The maximum Gasteiger partial charge on any atom is 0.227 e.